The maximum Gasteiger partial charge on any atom is 0.137 e. The van der Waals surface area contributed by atoms with Crippen molar-refractivity contribution in [2.24, 2.45) is 0 Å². The van der Waals surface area contributed by atoms with Crippen molar-refractivity contribution in [3.8, 4) is 11.5 Å². The van der Waals surface area contributed by atoms with Gasteiger partial charge in [0.1, 0.15) is 5.82 Å². The molecule has 0 amide bonds. The topological polar surface area (TPSA) is 22.8 Å². The van der Waals surface area contributed by atoms with Gasteiger partial charge in [0, 0.05) is 37.5 Å². The van der Waals surface area contributed by atoms with Crippen LogP contribution < -0.4 is 0 Å². The average molecular weight is 604 g/mol. The van der Waals surface area contributed by atoms with Gasteiger partial charge in [-0.25, -0.2) is 4.98 Å². The van der Waals surface area contributed by atoms with Crippen molar-refractivity contribution in [3.63, 3.8) is 0 Å². The standard InChI is InChI=1S/C42H25N3S/c1-6-19-35-26(12-1)28-14-11-17-32-41(28)45(35)36-20-7-3-15-30(36)42(32)31-16-4-8-21-38(31)46-39-24-29-27-13-2-5-18-34(27)44(37(29)25-33(39)42)40-22-9-10-23-43-40/h1-25H. The monoisotopic (exact) mass is 603 g/mol. The minimum absolute atomic E-state index is 0.517. The number of benzene rings is 6. The van der Waals surface area contributed by atoms with Crippen LogP contribution in [0.1, 0.15) is 22.3 Å². The summed E-state index contributed by atoms with van der Waals surface area (Å²) in [6.45, 7) is 0. The van der Waals surface area contributed by atoms with Crippen molar-refractivity contribution in [2.75, 3.05) is 0 Å². The number of fused-ring (bicyclic) bond motifs is 14. The highest BCUT2D eigenvalue weighted by molar-refractivity contribution is 7.99. The SMILES string of the molecule is c1ccc(-n2c3ccccc3c3cc4c(cc32)C2(c3ccccc3S4)c3ccccc3-n3c4ccccc4c4cccc2c43)nc1. The minimum atomic E-state index is -0.517. The summed E-state index contributed by atoms with van der Waals surface area (Å²) in [6, 6.07) is 53.8. The van der Waals surface area contributed by atoms with Crippen LogP contribution in [0.25, 0.3) is 55.1 Å². The third-order valence-corrected chi connectivity index (χ3v) is 11.3. The summed E-state index contributed by atoms with van der Waals surface area (Å²) in [6.07, 6.45) is 1.89. The predicted octanol–water partition coefficient (Wildman–Crippen LogP) is 10.4. The third kappa shape index (κ3) is 2.89. The molecule has 3 aromatic heterocycles. The highest BCUT2D eigenvalue weighted by Crippen LogP contribution is 2.61. The van der Waals surface area contributed by atoms with Crippen LogP contribution in [0.3, 0.4) is 0 Å². The molecule has 0 radical (unpaired) electrons. The van der Waals surface area contributed by atoms with Gasteiger partial charge in [-0.05, 0) is 70.8 Å². The number of para-hydroxylation sites is 4. The van der Waals surface area contributed by atoms with E-state index < -0.39 is 5.41 Å². The molecule has 0 saturated heterocycles. The van der Waals surface area contributed by atoms with E-state index in [1.807, 2.05) is 24.0 Å². The molecule has 4 heteroatoms. The van der Waals surface area contributed by atoms with Crippen LogP contribution in [0.4, 0.5) is 0 Å². The lowest BCUT2D eigenvalue weighted by molar-refractivity contribution is 0.690. The molecule has 0 N–H and O–H groups in total. The molecule has 1 spiro atoms. The molecule has 11 rings (SSSR count). The summed E-state index contributed by atoms with van der Waals surface area (Å²) in [7, 11) is 0. The van der Waals surface area contributed by atoms with E-state index in [1.165, 1.54) is 81.3 Å². The van der Waals surface area contributed by atoms with Gasteiger partial charge in [0.05, 0.1) is 33.2 Å². The van der Waals surface area contributed by atoms with Crippen LogP contribution in [0.15, 0.2) is 162 Å². The van der Waals surface area contributed by atoms with Crippen molar-refractivity contribution < 1.29 is 0 Å². The summed E-state index contributed by atoms with van der Waals surface area (Å²) >= 11 is 1.90. The van der Waals surface area contributed by atoms with Crippen LogP contribution in [0.2, 0.25) is 0 Å². The van der Waals surface area contributed by atoms with E-state index in [0.29, 0.717) is 0 Å². The molecule has 6 aromatic carbocycles. The lowest BCUT2D eigenvalue weighted by Crippen LogP contribution is -2.37. The predicted molar refractivity (Wildman–Crippen MR) is 189 cm³/mol. The summed E-state index contributed by atoms with van der Waals surface area (Å²) in [4.78, 5) is 7.45. The van der Waals surface area contributed by atoms with Crippen LogP contribution in [-0.4, -0.2) is 14.1 Å². The molecule has 2 aliphatic rings. The molecule has 0 saturated carbocycles. The lowest BCUT2D eigenvalue weighted by Gasteiger charge is -2.45. The van der Waals surface area contributed by atoms with Crippen molar-refractivity contribution >= 4 is 55.4 Å². The quantitative estimate of drug-likeness (QED) is 0.186. The summed E-state index contributed by atoms with van der Waals surface area (Å²) in [5.41, 5.74) is 10.9. The fourth-order valence-electron chi connectivity index (χ4n) is 8.52. The van der Waals surface area contributed by atoms with Crippen molar-refractivity contribution in [3.05, 3.63) is 174 Å². The highest BCUT2D eigenvalue weighted by Gasteiger charge is 2.49. The number of hydrogen-bond donors (Lipinski definition) is 0. The second-order valence-electron chi connectivity index (χ2n) is 12.3. The number of rotatable bonds is 1. The maximum atomic E-state index is 4.85. The van der Waals surface area contributed by atoms with E-state index in [9.17, 15) is 0 Å². The van der Waals surface area contributed by atoms with Gasteiger partial charge in [0.25, 0.3) is 0 Å². The first kappa shape index (κ1) is 24.7. The molecule has 5 heterocycles. The van der Waals surface area contributed by atoms with Gasteiger partial charge < -0.3 is 4.57 Å². The van der Waals surface area contributed by atoms with Crippen LogP contribution >= 0.6 is 11.8 Å². The molecule has 46 heavy (non-hydrogen) atoms. The molecule has 0 bridgehead atoms. The lowest BCUT2D eigenvalue weighted by atomic mass is 9.62. The van der Waals surface area contributed by atoms with Gasteiger partial charge in [-0.15, -0.1) is 0 Å². The Hall–Kier alpha value is -5.58. The fraction of sp³-hybridized carbons (Fsp3) is 0.0238. The van der Waals surface area contributed by atoms with E-state index in [-0.39, 0.29) is 0 Å². The van der Waals surface area contributed by atoms with Crippen molar-refractivity contribution in [2.45, 2.75) is 15.2 Å². The molecule has 0 aliphatic carbocycles. The Morgan fingerprint density at radius 1 is 0.457 bits per heavy atom. The minimum Gasteiger partial charge on any atom is -0.309 e. The normalized spacial score (nSPS) is 16.3. The van der Waals surface area contributed by atoms with E-state index in [0.717, 1.165) is 5.82 Å². The van der Waals surface area contributed by atoms with Crippen molar-refractivity contribution in [1.29, 1.82) is 0 Å². The Morgan fingerprint density at radius 3 is 1.98 bits per heavy atom. The Bertz CT molecular complexity index is 2740. The Morgan fingerprint density at radius 2 is 1.13 bits per heavy atom. The van der Waals surface area contributed by atoms with Crippen LogP contribution in [-0.2, 0) is 5.41 Å². The van der Waals surface area contributed by atoms with Crippen LogP contribution in [0.5, 0.6) is 0 Å². The van der Waals surface area contributed by atoms with E-state index in [4.69, 9.17) is 4.98 Å². The first-order chi connectivity index (χ1) is 22.8. The molecular weight excluding hydrogens is 579 g/mol. The van der Waals surface area contributed by atoms with Gasteiger partial charge >= 0.3 is 0 Å². The molecule has 214 valence electrons. The zero-order valence-corrected chi connectivity index (χ0v) is 25.5. The Balaban J connectivity index is 1.38. The van der Waals surface area contributed by atoms with Crippen LogP contribution in [0, 0.1) is 0 Å². The maximum absolute atomic E-state index is 4.85. The number of pyridine rings is 1. The van der Waals surface area contributed by atoms with Gasteiger partial charge in [-0.2, -0.15) is 0 Å². The van der Waals surface area contributed by atoms with Gasteiger partial charge in [-0.3, -0.25) is 4.57 Å². The second kappa shape index (κ2) is 8.78. The van der Waals surface area contributed by atoms with Crippen molar-refractivity contribution in [1.82, 2.24) is 14.1 Å². The molecule has 1 unspecified atom stereocenters. The summed E-state index contributed by atoms with van der Waals surface area (Å²) in [5.74, 6) is 0.929. The van der Waals surface area contributed by atoms with E-state index >= 15 is 0 Å². The van der Waals surface area contributed by atoms with Gasteiger partial charge in [-0.1, -0.05) is 109 Å². The first-order valence-electron chi connectivity index (χ1n) is 15.7. The van der Waals surface area contributed by atoms with Gasteiger partial charge in [0.2, 0.25) is 0 Å². The first-order valence-corrected chi connectivity index (χ1v) is 16.5. The smallest absolute Gasteiger partial charge is 0.137 e. The molecular formula is C42H25N3S. The Kier molecular flexibility index (Phi) is 4.71. The fourth-order valence-corrected chi connectivity index (χ4v) is 9.73. The highest BCUT2D eigenvalue weighted by atomic mass is 32.2. The number of hydrogen-bond acceptors (Lipinski definition) is 2. The average Bonchev–Trinajstić information content (AvgIpc) is 3.63. The van der Waals surface area contributed by atoms with E-state index in [1.54, 1.807) is 0 Å². The van der Waals surface area contributed by atoms with E-state index in [2.05, 4.69) is 149 Å². The second-order valence-corrected chi connectivity index (χ2v) is 13.4. The molecule has 1 atom stereocenters. The summed E-state index contributed by atoms with van der Waals surface area (Å²) in [5, 5.41) is 5.07. The number of nitrogens with zero attached hydrogens (tertiary/aromatic N) is 3. The zero-order chi connectivity index (χ0) is 30.0. The molecule has 3 nitrogen and oxygen atoms in total. The largest absolute Gasteiger partial charge is 0.309 e. The summed E-state index contributed by atoms with van der Waals surface area (Å²) < 4.78 is 4.85. The van der Waals surface area contributed by atoms with Gasteiger partial charge in [0.15, 0.2) is 0 Å². The molecule has 0 fully saturated rings. The number of aromatic nitrogens is 3. The Labute approximate surface area is 269 Å². The molecule has 9 aromatic rings. The third-order valence-electron chi connectivity index (χ3n) is 10.2. The molecule has 2 aliphatic heterocycles. The zero-order valence-electron chi connectivity index (χ0n) is 24.7.